The molecule has 0 radical (unpaired) electrons. The molecule has 5 nitrogen and oxygen atoms in total. The number of anilines is 3. The minimum Gasteiger partial charge on any atom is -0.497 e. The molecular weight excluding hydrogens is 252 g/mol. The summed E-state index contributed by atoms with van der Waals surface area (Å²) >= 11 is 0. The molecule has 20 heavy (non-hydrogen) atoms. The quantitative estimate of drug-likeness (QED) is 0.756. The van der Waals surface area contributed by atoms with Gasteiger partial charge in [-0.1, -0.05) is 13.3 Å². The monoisotopic (exact) mass is 272 g/mol. The first kappa shape index (κ1) is 14.1. The Balaban J connectivity index is 1.99. The molecule has 0 saturated carbocycles. The Morgan fingerprint density at radius 2 is 1.95 bits per heavy atom. The van der Waals surface area contributed by atoms with Crippen LogP contribution in [0.3, 0.4) is 0 Å². The molecule has 0 aliphatic carbocycles. The van der Waals surface area contributed by atoms with Gasteiger partial charge in [0.25, 0.3) is 0 Å². The summed E-state index contributed by atoms with van der Waals surface area (Å²) in [6, 6.07) is 9.55. The van der Waals surface area contributed by atoms with Gasteiger partial charge in [0.1, 0.15) is 11.6 Å². The van der Waals surface area contributed by atoms with Crippen molar-refractivity contribution >= 4 is 17.5 Å². The number of hydrogen-bond acceptors (Lipinski definition) is 5. The lowest BCUT2D eigenvalue weighted by Crippen LogP contribution is -2.06. The first-order chi connectivity index (χ1) is 9.81. The van der Waals surface area contributed by atoms with E-state index in [1.165, 1.54) is 0 Å². The largest absolute Gasteiger partial charge is 0.497 e. The molecule has 1 heterocycles. The van der Waals surface area contributed by atoms with Crippen molar-refractivity contribution < 1.29 is 4.74 Å². The topological polar surface area (TPSA) is 59.1 Å². The van der Waals surface area contributed by atoms with Crippen molar-refractivity contribution in [2.75, 3.05) is 24.3 Å². The van der Waals surface area contributed by atoms with E-state index in [0.29, 0.717) is 5.95 Å². The van der Waals surface area contributed by atoms with Crippen LogP contribution in [0.5, 0.6) is 5.75 Å². The van der Waals surface area contributed by atoms with E-state index in [0.717, 1.165) is 36.6 Å². The average Bonchev–Trinajstić information content (AvgIpc) is 2.49. The summed E-state index contributed by atoms with van der Waals surface area (Å²) in [4.78, 5) is 8.62. The first-order valence-electron chi connectivity index (χ1n) is 6.80. The highest BCUT2D eigenvalue weighted by atomic mass is 16.5. The number of rotatable bonds is 7. The molecular formula is C15H20N4O. The molecule has 106 valence electrons. The molecule has 2 aromatic rings. The van der Waals surface area contributed by atoms with Gasteiger partial charge in [0.05, 0.1) is 7.11 Å². The van der Waals surface area contributed by atoms with Crippen LogP contribution in [0.15, 0.2) is 36.5 Å². The highest BCUT2D eigenvalue weighted by Gasteiger charge is 2.00. The molecule has 0 saturated heterocycles. The van der Waals surface area contributed by atoms with Crippen LogP contribution in [0.1, 0.15) is 19.8 Å². The van der Waals surface area contributed by atoms with E-state index in [-0.39, 0.29) is 0 Å². The summed E-state index contributed by atoms with van der Waals surface area (Å²) in [5, 5.41) is 6.45. The molecule has 0 bridgehead atoms. The lowest BCUT2D eigenvalue weighted by molar-refractivity contribution is 0.415. The maximum Gasteiger partial charge on any atom is 0.224 e. The molecule has 5 heteroatoms. The number of ether oxygens (including phenoxy) is 1. The van der Waals surface area contributed by atoms with E-state index >= 15 is 0 Å². The van der Waals surface area contributed by atoms with E-state index in [1.807, 2.05) is 30.3 Å². The van der Waals surface area contributed by atoms with Gasteiger partial charge in [-0.2, -0.15) is 4.98 Å². The van der Waals surface area contributed by atoms with Gasteiger partial charge in [-0.15, -0.1) is 0 Å². The second-order valence-electron chi connectivity index (χ2n) is 4.40. The zero-order chi connectivity index (χ0) is 14.2. The smallest absolute Gasteiger partial charge is 0.224 e. The molecule has 0 spiro atoms. The van der Waals surface area contributed by atoms with Gasteiger partial charge >= 0.3 is 0 Å². The third-order valence-corrected chi connectivity index (χ3v) is 2.83. The fraction of sp³-hybridized carbons (Fsp3) is 0.333. The minimum atomic E-state index is 0.650. The predicted octanol–water partition coefficient (Wildman–Crippen LogP) is 3.44. The first-order valence-corrected chi connectivity index (χ1v) is 6.80. The molecule has 1 aromatic carbocycles. The Morgan fingerprint density at radius 1 is 1.15 bits per heavy atom. The van der Waals surface area contributed by atoms with Gasteiger partial charge in [-0.25, -0.2) is 4.98 Å². The molecule has 2 rings (SSSR count). The van der Waals surface area contributed by atoms with E-state index < -0.39 is 0 Å². The molecule has 0 unspecified atom stereocenters. The van der Waals surface area contributed by atoms with Gasteiger partial charge in [-0.3, -0.25) is 0 Å². The zero-order valence-electron chi connectivity index (χ0n) is 11.9. The summed E-state index contributed by atoms with van der Waals surface area (Å²) in [6.07, 6.45) is 4.00. The van der Waals surface area contributed by atoms with E-state index in [4.69, 9.17) is 4.74 Å². The fourth-order valence-electron chi connectivity index (χ4n) is 1.71. The van der Waals surface area contributed by atoms with E-state index in [9.17, 15) is 0 Å². The van der Waals surface area contributed by atoms with Crippen LogP contribution in [-0.2, 0) is 0 Å². The standard InChI is InChI=1S/C15H20N4O/c1-3-4-10-16-15-17-11-9-14(19-15)18-12-5-7-13(20-2)8-6-12/h5-9,11H,3-4,10H2,1-2H3,(H2,16,17,18,19). The Hall–Kier alpha value is -2.30. The lowest BCUT2D eigenvalue weighted by atomic mass is 10.3. The van der Waals surface area contributed by atoms with Crippen molar-refractivity contribution in [1.29, 1.82) is 0 Å². The predicted molar refractivity (Wildman–Crippen MR) is 81.7 cm³/mol. The molecule has 1 aromatic heterocycles. The maximum atomic E-state index is 5.13. The Bertz CT molecular complexity index is 528. The number of aromatic nitrogens is 2. The second-order valence-corrected chi connectivity index (χ2v) is 4.40. The molecule has 0 fully saturated rings. The maximum absolute atomic E-state index is 5.13. The van der Waals surface area contributed by atoms with Gasteiger partial charge < -0.3 is 15.4 Å². The highest BCUT2D eigenvalue weighted by Crippen LogP contribution is 2.18. The Morgan fingerprint density at radius 3 is 2.65 bits per heavy atom. The third kappa shape index (κ3) is 4.12. The van der Waals surface area contributed by atoms with Crippen LogP contribution in [0.25, 0.3) is 0 Å². The zero-order valence-corrected chi connectivity index (χ0v) is 11.9. The van der Waals surface area contributed by atoms with Crippen LogP contribution in [0.4, 0.5) is 17.5 Å². The van der Waals surface area contributed by atoms with Crippen molar-refractivity contribution in [3.8, 4) is 5.75 Å². The van der Waals surface area contributed by atoms with Crippen molar-refractivity contribution in [3.05, 3.63) is 36.5 Å². The Labute approximate surface area is 119 Å². The molecule has 0 aliphatic heterocycles. The van der Waals surface area contributed by atoms with Gasteiger partial charge in [0.2, 0.25) is 5.95 Å². The van der Waals surface area contributed by atoms with Crippen LogP contribution in [0, 0.1) is 0 Å². The van der Waals surface area contributed by atoms with Crippen molar-refractivity contribution in [1.82, 2.24) is 9.97 Å². The number of nitrogens with zero attached hydrogens (tertiary/aromatic N) is 2. The molecule has 0 aliphatic rings. The number of nitrogens with one attached hydrogen (secondary N) is 2. The highest BCUT2D eigenvalue weighted by molar-refractivity contribution is 5.57. The van der Waals surface area contributed by atoms with Crippen LogP contribution in [0.2, 0.25) is 0 Å². The molecule has 0 atom stereocenters. The summed E-state index contributed by atoms with van der Waals surface area (Å²) in [5.74, 6) is 2.25. The molecule has 0 amide bonds. The normalized spacial score (nSPS) is 10.1. The van der Waals surface area contributed by atoms with Gasteiger partial charge in [-0.05, 0) is 36.8 Å². The SMILES string of the molecule is CCCCNc1nccc(Nc2ccc(OC)cc2)n1. The van der Waals surface area contributed by atoms with Gasteiger partial charge in [0, 0.05) is 18.4 Å². The average molecular weight is 272 g/mol. The number of unbranched alkanes of at least 4 members (excludes halogenated alkanes) is 1. The second kappa shape index (κ2) is 7.33. The van der Waals surface area contributed by atoms with Crippen LogP contribution >= 0.6 is 0 Å². The van der Waals surface area contributed by atoms with Crippen molar-refractivity contribution in [2.24, 2.45) is 0 Å². The van der Waals surface area contributed by atoms with E-state index in [1.54, 1.807) is 13.3 Å². The minimum absolute atomic E-state index is 0.650. The summed E-state index contributed by atoms with van der Waals surface area (Å²) in [5.41, 5.74) is 0.962. The number of hydrogen-bond donors (Lipinski definition) is 2. The van der Waals surface area contributed by atoms with Crippen LogP contribution in [-0.4, -0.2) is 23.6 Å². The van der Waals surface area contributed by atoms with Crippen molar-refractivity contribution in [3.63, 3.8) is 0 Å². The fourth-order valence-corrected chi connectivity index (χ4v) is 1.71. The van der Waals surface area contributed by atoms with Crippen LogP contribution < -0.4 is 15.4 Å². The molecule has 2 N–H and O–H groups in total. The third-order valence-electron chi connectivity index (χ3n) is 2.83. The van der Waals surface area contributed by atoms with Gasteiger partial charge in [0.15, 0.2) is 0 Å². The number of methoxy groups -OCH3 is 1. The summed E-state index contributed by atoms with van der Waals surface area (Å²) < 4.78 is 5.13. The summed E-state index contributed by atoms with van der Waals surface area (Å²) in [7, 11) is 1.65. The lowest BCUT2D eigenvalue weighted by Gasteiger charge is -2.08. The van der Waals surface area contributed by atoms with E-state index in [2.05, 4.69) is 27.5 Å². The Kier molecular flexibility index (Phi) is 5.17. The number of benzene rings is 1. The van der Waals surface area contributed by atoms with Crippen molar-refractivity contribution in [2.45, 2.75) is 19.8 Å². The summed E-state index contributed by atoms with van der Waals surface area (Å²) in [6.45, 7) is 3.05.